The molecule has 0 spiro atoms. The molecule has 1 atom stereocenters. The van der Waals surface area contributed by atoms with E-state index in [-0.39, 0.29) is 21.9 Å². The van der Waals surface area contributed by atoms with Gasteiger partial charge in [0.15, 0.2) is 0 Å². The molecule has 0 aromatic heterocycles. The Kier molecular flexibility index (Phi) is 7.50. The van der Waals surface area contributed by atoms with Crippen molar-refractivity contribution in [1.82, 2.24) is 0 Å². The van der Waals surface area contributed by atoms with Crippen LogP contribution in [0.2, 0.25) is 5.02 Å². The minimum absolute atomic E-state index is 0.0831. The molecule has 36 heavy (non-hydrogen) atoms. The summed E-state index contributed by atoms with van der Waals surface area (Å²) in [6.45, 7) is 2.58. The molecular formula is C28H26ClNO6. The van der Waals surface area contributed by atoms with Crippen LogP contribution in [-0.2, 0) is 9.59 Å². The lowest BCUT2D eigenvalue weighted by Crippen LogP contribution is -2.29. The van der Waals surface area contributed by atoms with E-state index < -0.39 is 17.7 Å². The quantitative estimate of drug-likeness (QED) is 0.236. The lowest BCUT2D eigenvalue weighted by molar-refractivity contribution is -0.132. The SMILES string of the molecule is CCCOc1ccc(C2/C(=C(\O)c3cc(OC)ccc3Cl)C(=O)C(=O)N2c2cccc(OC)c2)cc1. The molecule has 1 N–H and O–H groups in total. The van der Waals surface area contributed by atoms with E-state index in [9.17, 15) is 14.7 Å². The minimum Gasteiger partial charge on any atom is -0.507 e. The standard InChI is InChI=1S/C28H26ClNO6/c1-4-14-36-19-10-8-17(9-11-19)25-24(26(31)22-16-21(35-3)12-13-23(22)29)27(32)28(33)30(25)18-6-5-7-20(15-18)34-2/h5-13,15-16,25,31H,4,14H2,1-3H3/b26-24+. The first-order chi connectivity index (χ1) is 17.4. The fourth-order valence-corrected chi connectivity index (χ4v) is 4.31. The van der Waals surface area contributed by atoms with Crippen molar-refractivity contribution in [3.8, 4) is 17.2 Å². The lowest BCUT2D eigenvalue weighted by Gasteiger charge is -2.26. The molecule has 4 rings (SSSR count). The number of carbonyl (C=O) groups excluding carboxylic acids is 2. The number of ether oxygens (including phenoxy) is 3. The van der Waals surface area contributed by atoms with Gasteiger partial charge in [-0.1, -0.05) is 36.7 Å². The third-order valence-corrected chi connectivity index (χ3v) is 6.20. The molecule has 0 bridgehead atoms. The number of rotatable bonds is 8. The van der Waals surface area contributed by atoms with E-state index in [0.29, 0.717) is 35.1 Å². The summed E-state index contributed by atoms with van der Waals surface area (Å²) >= 11 is 6.37. The Morgan fingerprint density at radius 3 is 2.28 bits per heavy atom. The van der Waals surface area contributed by atoms with Gasteiger partial charge in [-0.2, -0.15) is 0 Å². The second-order valence-corrected chi connectivity index (χ2v) is 8.54. The molecule has 3 aromatic rings. The fraction of sp³-hybridized carbons (Fsp3) is 0.214. The third-order valence-electron chi connectivity index (χ3n) is 5.87. The number of halogens is 1. The number of hydrogen-bond donors (Lipinski definition) is 1. The highest BCUT2D eigenvalue weighted by Gasteiger charge is 2.47. The van der Waals surface area contributed by atoms with Crippen molar-refractivity contribution in [3.05, 3.63) is 88.5 Å². The number of nitrogens with zero attached hydrogens (tertiary/aromatic N) is 1. The number of aliphatic hydroxyl groups excluding tert-OH is 1. The van der Waals surface area contributed by atoms with Gasteiger partial charge in [-0.3, -0.25) is 14.5 Å². The molecule has 0 radical (unpaired) electrons. The summed E-state index contributed by atoms with van der Waals surface area (Å²) in [6, 6.07) is 17.7. The predicted molar refractivity (Wildman–Crippen MR) is 138 cm³/mol. The highest BCUT2D eigenvalue weighted by Crippen LogP contribution is 2.44. The molecule has 8 heteroatoms. The van der Waals surface area contributed by atoms with Crippen molar-refractivity contribution in [3.63, 3.8) is 0 Å². The Bertz CT molecular complexity index is 1320. The Morgan fingerprint density at radius 2 is 1.61 bits per heavy atom. The summed E-state index contributed by atoms with van der Waals surface area (Å²) in [7, 11) is 3.00. The van der Waals surface area contributed by atoms with E-state index >= 15 is 0 Å². The Labute approximate surface area is 214 Å². The van der Waals surface area contributed by atoms with Crippen LogP contribution in [0.1, 0.15) is 30.5 Å². The molecule has 1 fully saturated rings. The van der Waals surface area contributed by atoms with E-state index in [1.807, 2.05) is 6.92 Å². The molecule has 1 aliphatic rings. The van der Waals surface area contributed by atoms with Crippen LogP contribution in [0.5, 0.6) is 17.2 Å². The first kappa shape index (κ1) is 25.1. The third kappa shape index (κ3) is 4.75. The van der Waals surface area contributed by atoms with Crippen LogP contribution in [-0.4, -0.2) is 37.6 Å². The van der Waals surface area contributed by atoms with Crippen LogP contribution in [0.3, 0.4) is 0 Å². The summed E-state index contributed by atoms with van der Waals surface area (Å²) in [6.07, 6.45) is 0.860. The van der Waals surface area contributed by atoms with Crippen molar-refractivity contribution >= 4 is 34.7 Å². The molecular weight excluding hydrogens is 482 g/mol. The van der Waals surface area contributed by atoms with Gasteiger partial charge in [0.25, 0.3) is 11.7 Å². The zero-order chi connectivity index (χ0) is 25.8. The first-order valence-corrected chi connectivity index (χ1v) is 11.8. The summed E-state index contributed by atoms with van der Waals surface area (Å²) in [5.74, 6) is -0.372. The molecule has 1 aliphatic heterocycles. The molecule has 7 nitrogen and oxygen atoms in total. The molecule has 3 aromatic carbocycles. The molecule has 1 amide bonds. The number of benzene rings is 3. The van der Waals surface area contributed by atoms with Gasteiger partial charge in [0.05, 0.1) is 37.5 Å². The maximum atomic E-state index is 13.4. The maximum absolute atomic E-state index is 13.4. The molecule has 186 valence electrons. The molecule has 1 heterocycles. The minimum atomic E-state index is -0.917. The van der Waals surface area contributed by atoms with Crippen molar-refractivity contribution in [2.45, 2.75) is 19.4 Å². The van der Waals surface area contributed by atoms with Gasteiger partial charge < -0.3 is 19.3 Å². The summed E-state index contributed by atoms with van der Waals surface area (Å²) in [5, 5.41) is 11.6. The molecule has 1 unspecified atom stereocenters. The van der Waals surface area contributed by atoms with Crippen LogP contribution < -0.4 is 19.1 Å². The number of anilines is 1. The number of carbonyl (C=O) groups is 2. The average Bonchev–Trinajstić information content (AvgIpc) is 3.17. The van der Waals surface area contributed by atoms with Crippen LogP contribution >= 0.6 is 11.6 Å². The maximum Gasteiger partial charge on any atom is 0.300 e. The molecule has 1 saturated heterocycles. The van der Waals surface area contributed by atoms with Gasteiger partial charge in [0.1, 0.15) is 23.0 Å². The zero-order valence-corrected chi connectivity index (χ0v) is 20.9. The largest absolute Gasteiger partial charge is 0.507 e. The Morgan fingerprint density at radius 1 is 0.944 bits per heavy atom. The van der Waals surface area contributed by atoms with E-state index in [1.54, 1.807) is 60.7 Å². The van der Waals surface area contributed by atoms with Gasteiger partial charge in [-0.25, -0.2) is 0 Å². The van der Waals surface area contributed by atoms with Crippen LogP contribution in [0.25, 0.3) is 5.76 Å². The number of hydrogen-bond acceptors (Lipinski definition) is 6. The fourth-order valence-electron chi connectivity index (χ4n) is 4.10. The predicted octanol–water partition coefficient (Wildman–Crippen LogP) is 5.77. The topological polar surface area (TPSA) is 85.3 Å². The molecule has 0 saturated carbocycles. The van der Waals surface area contributed by atoms with Crippen LogP contribution in [0.15, 0.2) is 72.3 Å². The summed E-state index contributed by atoms with van der Waals surface area (Å²) in [5.41, 5.74) is 1.16. The van der Waals surface area contributed by atoms with Gasteiger partial charge in [-0.05, 0) is 54.4 Å². The van der Waals surface area contributed by atoms with E-state index in [0.717, 1.165) is 6.42 Å². The number of ketones is 1. The van der Waals surface area contributed by atoms with Crippen molar-refractivity contribution in [1.29, 1.82) is 0 Å². The van der Waals surface area contributed by atoms with Crippen molar-refractivity contribution in [2.24, 2.45) is 0 Å². The summed E-state index contributed by atoms with van der Waals surface area (Å²) < 4.78 is 16.3. The average molecular weight is 508 g/mol. The Balaban J connectivity index is 1.91. The van der Waals surface area contributed by atoms with Gasteiger partial charge >= 0.3 is 0 Å². The monoisotopic (exact) mass is 507 g/mol. The van der Waals surface area contributed by atoms with Gasteiger partial charge in [0.2, 0.25) is 0 Å². The number of aliphatic hydroxyl groups is 1. The van der Waals surface area contributed by atoms with E-state index in [2.05, 4.69) is 0 Å². The Hall–Kier alpha value is -3.97. The highest BCUT2D eigenvalue weighted by atomic mass is 35.5. The second-order valence-electron chi connectivity index (χ2n) is 8.13. The highest BCUT2D eigenvalue weighted by molar-refractivity contribution is 6.52. The number of methoxy groups -OCH3 is 2. The van der Waals surface area contributed by atoms with Gasteiger partial charge in [-0.15, -0.1) is 0 Å². The number of amides is 1. The van der Waals surface area contributed by atoms with Gasteiger partial charge in [0, 0.05) is 17.3 Å². The van der Waals surface area contributed by atoms with Crippen molar-refractivity contribution in [2.75, 3.05) is 25.7 Å². The van der Waals surface area contributed by atoms with E-state index in [4.69, 9.17) is 25.8 Å². The van der Waals surface area contributed by atoms with Crippen molar-refractivity contribution < 1.29 is 28.9 Å². The number of Topliss-reactive ketones (excluding diaryl/α,β-unsaturated/α-hetero) is 1. The van der Waals surface area contributed by atoms with Crippen LogP contribution in [0.4, 0.5) is 5.69 Å². The lowest BCUT2D eigenvalue weighted by atomic mass is 9.95. The smallest absolute Gasteiger partial charge is 0.300 e. The second kappa shape index (κ2) is 10.7. The summed E-state index contributed by atoms with van der Waals surface area (Å²) in [4.78, 5) is 28.1. The van der Waals surface area contributed by atoms with E-state index in [1.165, 1.54) is 25.2 Å². The normalized spacial score (nSPS) is 16.8. The van der Waals surface area contributed by atoms with Crippen LogP contribution in [0, 0.1) is 0 Å². The first-order valence-electron chi connectivity index (χ1n) is 11.4. The zero-order valence-electron chi connectivity index (χ0n) is 20.2. The molecule has 0 aliphatic carbocycles.